The van der Waals surface area contributed by atoms with Crippen LogP contribution in [0.5, 0.6) is 0 Å². The molecule has 17 heavy (non-hydrogen) atoms. The molecule has 7 nitrogen and oxygen atoms in total. The summed E-state index contributed by atoms with van der Waals surface area (Å²) in [4.78, 5) is 11.6. The van der Waals surface area contributed by atoms with Crippen LogP contribution >= 0.6 is 0 Å². The zero-order valence-electron chi connectivity index (χ0n) is 8.64. The van der Waals surface area contributed by atoms with Crippen molar-refractivity contribution in [3.8, 4) is 0 Å². The van der Waals surface area contributed by atoms with Gasteiger partial charge < -0.3 is 5.32 Å². The van der Waals surface area contributed by atoms with E-state index in [2.05, 4.69) is 30.9 Å². The predicted molar refractivity (Wildman–Crippen MR) is 62.0 cm³/mol. The number of anilines is 2. The van der Waals surface area contributed by atoms with Gasteiger partial charge in [-0.15, -0.1) is 5.10 Å². The van der Waals surface area contributed by atoms with Crippen molar-refractivity contribution < 1.29 is 0 Å². The Bertz CT molecular complexity index is 701. The summed E-state index contributed by atoms with van der Waals surface area (Å²) >= 11 is 0. The molecular weight excluding hydrogens is 220 g/mol. The maximum atomic E-state index is 11.6. The van der Waals surface area contributed by atoms with E-state index >= 15 is 0 Å². The molecule has 0 saturated carbocycles. The Morgan fingerprint density at radius 2 is 1.94 bits per heavy atom. The summed E-state index contributed by atoms with van der Waals surface area (Å²) in [5.74, 6) is 0.433. The van der Waals surface area contributed by atoms with Crippen molar-refractivity contribution in [1.29, 1.82) is 0 Å². The zero-order valence-corrected chi connectivity index (χ0v) is 8.64. The van der Waals surface area contributed by atoms with E-state index in [1.165, 1.54) is 0 Å². The first-order valence-corrected chi connectivity index (χ1v) is 4.96. The molecule has 3 aromatic rings. The lowest BCUT2D eigenvalue weighted by atomic mass is 10.3. The quantitative estimate of drug-likeness (QED) is 0.602. The largest absolute Gasteiger partial charge is 0.338 e. The van der Waals surface area contributed by atoms with E-state index < -0.39 is 0 Å². The van der Waals surface area contributed by atoms with Crippen LogP contribution in [0.1, 0.15) is 0 Å². The molecule has 0 aliphatic carbocycles. The first kappa shape index (κ1) is 9.52. The monoisotopic (exact) mass is 228 g/mol. The van der Waals surface area contributed by atoms with Crippen LogP contribution in [0.15, 0.2) is 35.1 Å². The van der Waals surface area contributed by atoms with E-state index in [9.17, 15) is 4.79 Å². The smallest absolute Gasteiger partial charge is 0.280 e. The molecule has 84 valence electrons. The average Bonchev–Trinajstić information content (AvgIpc) is 2.75. The molecule has 0 aliphatic heterocycles. The molecule has 2 heterocycles. The second kappa shape index (κ2) is 3.71. The maximum absolute atomic E-state index is 11.6. The van der Waals surface area contributed by atoms with Crippen molar-refractivity contribution in [3.05, 3.63) is 40.7 Å². The van der Waals surface area contributed by atoms with Gasteiger partial charge in [0, 0.05) is 5.69 Å². The fraction of sp³-hybridized carbons (Fsp3) is 0. The standard InChI is InChI=1S/C10H8N6O/c17-10-7-8(11-6-4-2-1-3-5-6)12-13-9(7)14-16-15-10/h1-5H,(H3,11,12,13,14,15,17). The van der Waals surface area contributed by atoms with Gasteiger partial charge in [0.05, 0.1) is 0 Å². The van der Waals surface area contributed by atoms with Crippen LogP contribution in [-0.2, 0) is 0 Å². The molecule has 0 spiro atoms. The van der Waals surface area contributed by atoms with Crippen LogP contribution in [0, 0.1) is 0 Å². The van der Waals surface area contributed by atoms with Crippen LogP contribution in [0.2, 0.25) is 0 Å². The van der Waals surface area contributed by atoms with Gasteiger partial charge in [-0.3, -0.25) is 9.89 Å². The Balaban J connectivity index is 2.10. The Hall–Kier alpha value is -2.70. The van der Waals surface area contributed by atoms with E-state index in [0.29, 0.717) is 16.9 Å². The van der Waals surface area contributed by atoms with Crippen LogP contribution < -0.4 is 10.9 Å². The molecule has 0 fully saturated rings. The van der Waals surface area contributed by atoms with Gasteiger partial charge in [-0.05, 0) is 12.1 Å². The van der Waals surface area contributed by atoms with Gasteiger partial charge in [0.2, 0.25) is 0 Å². The van der Waals surface area contributed by atoms with Crippen molar-refractivity contribution in [2.24, 2.45) is 0 Å². The third-order valence-electron chi connectivity index (χ3n) is 2.31. The summed E-state index contributed by atoms with van der Waals surface area (Å²) in [6.07, 6.45) is 0. The molecule has 0 bridgehead atoms. The molecular formula is C10H8N6O. The second-order valence-electron chi connectivity index (χ2n) is 3.43. The van der Waals surface area contributed by atoms with Crippen molar-refractivity contribution >= 4 is 22.5 Å². The van der Waals surface area contributed by atoms with Crippen LogP contribution in [-0.4, -0.2) is 25.6 Å². The van der Waals surface area contributed by atoms with Crippen LogP contribution in [0.25, 0.3) is 11.0 Å². The van der Waals surface area contributed by atoms with Gasteiger partial charge in [0.1, 0.15) is 5.39 Å². The maximum Gasteiger partial charge on any atom is 0.280 e. The Morgan fingerprint density at radius 3 is 2.76 bits per heavy atom. The van der Waals surface area contributed by atoms with Crippen molar-refractivity contribution in [1.82, 2.24) is 25.6 Å². The highest BCUT2D eigenvalue weighted by Gasteiger charge is 2.10. The fourth-order valence-electron chi connectivity index (χ4n) is 1.55. The van der Waals surface area contributed by atoms with E-state index in [1.54, 1.807) is 0 Å². The summed E-state index contributed by atoms with van der Waals surface area (Å²) < 4.78 is 0. The number of H-pyrrole nitrogens is 2. The third-order valence-corrected chi connectivity index (χ3v) is 2.31. The van der Waals surface area contributed by atoms with Gasteiger partial charge in [0.25, 0.3) is 5.56 Å². The minimum Gasteiger partial charge on any atom is -0.338 e. The van der Waals surface area contributed by atoms with Gasteiger partial charge in [-0.25, -0.2) is 5.10 Å². The SMILES string of the molecule is O=c1[nH]nnc2[nH]nc(Nc3ccccc3)c12. The number of hydrogen-bond donors (Lipinski definition) is 3. The minimum absolute atomic E-state index is 0.331. The van der Waals surface area contributed by atoms with Crippen molar-refractivity contribution in [2.45, 2.75) is 0 Å². The van der Waals surface area contributed by atoms with Gasteiger partial charge in [-0.2, -0.15) is 5.10 Å². The highest BCUT2D eigenvalue weighted by molar-refractivity contribution is 5.87. The number of benzene rings is 1. The second-order valence-corrected chi connectivity index (χ2v) is 3.43. The molecule has 7 heteroatoms. The Morgan fingerprint density at radius 1 is 1.12 bits per heavy atom. The van der Waals surface area contributed by atoms with Gasteiger partial charge in [0.15, 0.2) is 11.5 Å². The van der Waals surface area contributed by atoms with E-state index in [4.69, 9.17) is 0 Å². The molecule has 2 aromatic heterocycles. The Labute approximate surface area is 94.9 Å². The first-order chi connectivity index (χ1) is 8.34. The number of nitrogens with zero attached hydrogens (tertiary/aromatic N) is 3. The number of para-hydroxylation sites is 1. The number of fused-ring (bicyclic) bond motifs is 1. The Kier molecular flexibility index (Phi) is 2.08. The lowest BCUT2D eigenvalue weighted by Gasteiger charge is -2.01. The van der Waals surface area contributed by atoms with Gasteiger partial charge in [-0.1, -0.05) is 23.4 Å². The topological polar surface area (TPSA) is 99.4 Å². The highest BCUT2D eigenvalue weighted by Crippen LogP contribution is 2.18. The fourth-order valence-corrected chi connectivity index (χ4v) is 1.55. The van der Waals surface area contributed by atoms with Crippen LogP contribution in [0.4, 0.5) is 11.5 Å². The molecule has 0 amide bonds. The number of nitrogens with one attached hydrogen (secondary N) is 3. The molecule has 3 rings (SSSR count). The lowest BCUT2D eigenvalue weighted by Crippen LogP contribution is -2.10. The minimum atomic E-state index is -0.331. The number of rotatable bonds is 2. The van der Waals surface area contributed by atoms with E-state index in [1.807, 2.05) is 30.3 Å². The molecule has 0 atom stereocenters. The number of aromatic nitrogens is 5. The molecule has 0 radical (unpaired) electrons. The summed E-state index contributed by atoms with van der Waals surface area (Å²) in [5.41, 5.74) is 0.867. The summed E-state index contributed by atoms with van der Waals surface area (Å²) in [6, 6.07) is 9.45. The molecule has 0 aliphatic rings. The molecule has 0 saturated heterocycles. The lowest BCUT2D eigenvalue weighted by molar-refractivity contribution is 0.863. The van der Waals surface area contributed by atoms with Crippen molar-refractivity contribution in [3.63, 3.8) is 0 Å². The average molecular weight is 228 g/mol. The van der Waals surface area contributed by atoms with Crippen molar-refractivity contribution in [2.75, 3.05) is 5.32 Å². The van der Waals surface area contributed by atoms with E-state index in [-0.39, 0.29) is 5.56 Å². The summed E-state index contributed by atoms with van der Waals surface area (Å²) in [5, 5.41) is 19.5. The normalized spacial score (nSPS) is 10.6. The summed E-state index contributed by atoms with van der Waals surface area (Å²) in [6.45, 7) is 0. The zero-order chi connectivity index (χ0) is 11.7. The molecule has 0 unspecified atom stereocenters. The number of aromatic amines is 2. The van der Waals surface area contributed by atoms with E-state index in [0.717, 1.165) is 5.69 Å². The number of hydrogen-bond acceptors (Lipinski definition) is 5. The van der Waals surface area contributed by atoms with Gasteiger partial charge >= 0.3 is 0 Å². The highest BCUT2D eigenvalue weighted by atomic mass is 16.1. The molecule has 1 aromatic carbocycles. The van der Waals surface area contributed by atoms with Crippen LogP contribution in [0.3, 0.4) is 0 Å². The molecule has 3 N–H and O–H groups in total. The predicted octanol–water partition coefficient (Wildman–Crippen LogP) is 0.785. The third kappa shape index (κ3) is 1.63. The summed E-state index contributed by atoms with van der Waals surface area (Å²) in [7, 11) is 0. The first-order valence-electron chi connectivity index (χ1n) is 4.96.